The first-order valence-corrected chi connectivity index (χ1v) is 5.85. The number of carbonyl (C=O) groups excluding carboxylic acids is 1. The summed E-state index contributed by atoms with van der Waals surface area (Å²) in [5.41, 5.74) is 1.56. The summed E-state index contributed by atoms with van der Waals surface area (Å²) in [4.78, 5) is 16.1. The van der Waals surface area contributed by atoms with Crippen molar-refractivity contribution in [2.24, 2.45) is 0 Å². The molecule has 2 heterocycles. The molecule has 0 fully saturated rings. The van der Waals surface area contributed by atoms with Crippen LogP contribution in [-0.4, -0.2) is 10.9 Å². The highest BCUT2D eigenvalue weighted by Crippen LogP contribution is 2.16. The molecule has 0 aliphatic carbocycles. The molecule has 1 atom stereocenters. The number of pyridine rings is 1. The fourth-order valence-electron chi connectivity index (χ4n) is 1.85. The second-order valence-corrected chi connectivity index (χ2v) is 4.31. The van der Waals surface area contributed by atoms with Gasteiger partial charge in [-0.05, 0) is 38.5 Å². The number of carbonyl (C=O) groups is 1. The third kappa shape index (κ3) is 2.59. The largest absolute Gasteiger partial charge is 0.466 e. The van der Waals surface area contributed by atoms with Crippen molar-refractivity contribution in [3.63, 3.8) is 0 Å². The highest BCUT2D eigenvalue weighted by molar-refractivity contribution is 5.95. The molecular weight excluding hydrogens is 228 g/mol. The van der Waals surface area contributed by atoms with E-state index in [2.05, 4.69) is 10.3 Å². The van der Waals surface area contributed by atoms with Gasteiger partial charge in [-0.3, -0.25) is 9.78 Å². The van der Waals surface area contributed by atoms with E-state index in [9.17, 15) is 4.79 Å². The first-order valence-electron chi connectivity index (χ1n) is 5.85. The van der Waals surface area contributed by atoms with Gasteiger partial charge in [0.25, 0.3) is 5.91 Å². The normalized spacial score (nSPS) is 12.2. The van der Waals surface area contributed by atoms with Crippen molar-refractivity contribution in [2.45, 2.75) is 26.8 Å². The highest BCUT2D eigenvalue weighted by atomic mass is 16.3. The Morgan fingerprint density at radius 2 is 2.22 bits per heavy atom. The lowest BCUT2D eigenvalue weighted by Crippen LogP contribution is -2.26. The predicted molar refractivity (Wildman–Crippen MR) is 68.3 cm³/mol. The number of hydrogen-bond acceptors (Lipinski definition) is 3. The summed E-state index contributed by atoms with van der Waals surface area (Å²) in [5, 5.41) is 2.93. The Morgan fingerprint density at radius 1 is 1.44 bits per heavy atom. The Balaban J connectivity index is 2.10. The summed E-state index contributed by atoms with van der Waals surface area (Å²) in [6.45, 7) is 5.54. The van der Waals surface area contributed by atoms with Gasteiger partial charge in [0.05, 0.1) is 11.6 Å². The van der Waals surface area contributed by atoms with Gasteiger partial charge in [-0.2, -0.15) is 0 Å². The lowest BCUT2D eigenvalue weighted by molar-refractivity contribution is 0.0938. The summed E-state index contributed by atoms with van der Waals surface area (Å²) in [5.74, 6) is 1.26. The number of aryl methyl sites for hydroxylation is 2. The topological polar surface area (TPSA) is 55.1 Å². The van der Waals surface area contributed by atoms with E-state index >= 15 is 0 Å². The fourth-order valence-corrected chi connectivity index (χ4v) is 1.85. The van der Waals surface area contributed by atoms with E-state index < -0.39 is 0 Å². The predicted octanol–water partition coefficient (Wildman–Crippen LogP) is 2.78. The molecule has 2 aromatic heterocycles. The second-order valence-electron chi connectivity index (χ2n) is 4.31. The molecule has 0 aliphatic heterocycles. The number of nitrogens with zero attached hydrogens (tertiary/aromatic N) is 1. The number of furan rings is 1. The van der Waals surface area contributed by atoms with Crippen molar-refractivity contribution < 1.29 is 9.21 Å². The van der Waals surface area contributed by atoms with Crippen LogP contribution in [0.15, 0.2) is 35.0 Å². The van der Waals surface area contributed by atoms with Crippen LogP contribution < -0.4 is 5.32 Å². The summed E-state index contributed by atoms with van der Waals surface area (Å²) in [7, 11) is 0. The molecule has 1 unspecified atom stereocenters. The van der Waals surface area contributed by atoms with Crippen molar-refractivity contribution in [2.75, 3.05) is 0 Å². The molecule has 0 radical (unpaired) electrons. The maximum atomic E-state index is 12.1. The van der Waals surface area contributed by atoms with Crippen LogP contribution in [-0.2, 0) is 0 Å². The third-order valence-corrected chi connectivity index (χ3v) is 2.82. The van der Waals surface area contributed by atoms with E-state index in [1.807, 2.05) is 26.0 Å². The Bertz CT molecular complexity index is 546. The first kappa shape index (κ1) is 12.4. The summed E-state index contributed by atoms with van der Waals surface area (Å²) >= 11 is 0. The number of aromatic nitrogens is 1. The van der Waals surface area contributed by atoms with Gasteiger partial charge in [-0.25, -0.2) is 0 Å². The van der Waals surface area contributed by atoms with Gasteiger partial charge in [0.2, 0.25) is 0 Å². The fraction of sp³-hybridized carbons (Fsp3) is 0.286. The molecule has 4 nitrogen and oxygen atoms in total. The smallest absolute Gasteiger partial charge is 0.255 e. The number of hydrogen-bond donors (Lipinski definition) is 1. The summed E-state index contributed by atoms with van der Waals surface area (Å²) in [6.07, 6.45) is 3.46. The molecule has 0 saturated heterocycles. The van der Waals surface area contributed by atoms with E-state index in [1.165, 1.54) is 0 Å². The van der Waals surface area contributed by atoms with Crippen LogP contribution in [0.25, 0.3) is 0 Å². The Kier molecular flexibility index (Phi) is 3.46. The Labute approximate surface area is 106 Å². The van der Waals surface area contributed by atoms with E-state index in [0.717, 1.165) is 11.3 Å². The molecule has 2 aromatic rings. The molecule has 0 bridgehead atoms. The molecule has 0 saturated carbocycles. The van der Waals surface area contributed by atoms with Gasteiger partial charge in [0, 0.05) is 12.4 Å². The highest BCUT2D eigenvalue weighted by Gasteiger charge is 2.16. The van der Waals surface area contributed by atoms with E-state index in [4.69, 9.17) is 4.42 Å². The number of rotatable bonds is 3. The first-order chi connectivity index (χ1) is 8.58. The average Bonchev–Trinajstić information content (AvgIpc) is 2.69. The van der Waals surface area contributed by atoms with Gasteiger partial charge >= 0.3 is 0 Å². The van der Waals surface area contributed by atoms with Crippen molar-refractivity contribution in [1.29, 1.82) is 0 Å². The number of nitrogens with one attached hydrogen (secondary N) is 1. The van der Waals surface area contributed by atoms with Crippen LogP contribution in [0.2, 0.25) is 0 Å². The molecule has 1 amide bonds. The molecule has 18 heavy (non-hydrogen) atoms. The quantitative estimate of drug-likeness (QED) is 0.903. The minimum atomic E-state index is -0.124. The lowest BCUT2D eigenvalue weighted by Gasteiger charge is -2.13. The monoisotopic (exact) mass is 244 g/mol. The van der Waals surface area contributed by atoms with E-state index in [-0.39, 0.29) is 11.9 Å². The standard InChI is InChI=1S/C14H16N2O2/c1-9-7-13(11(3)18-9)14(17)16-10(2)12-5-4-6-15-8-12/h4-8,10H,1-3H3,(H,16,17). The van der Waals surface area contributed by atoms with Gasteiger partial charge < -0.3 is 9.73 Å². The molecule has 4 heteroatoms. The number of amides is 1. The zero-order valence-electron chi connectivity index (χ0n) is 10.7. The molecule has 1 N–H and O–H groups in total. The van der Waals surface area contributed by atoms with Crippen molar-refractivity contribution in [3.8, 4) is 0 Å². The van der Waals surface area contributed by atoms with Crippen LogP contribution in [0.4, 0.5) is 0 Å². The lowest BCUT2D eigenvalue weighted by atomic mass is 10.1. The van der Waals surface area contributed by atoms with E-state index in [1.54, 1.807) is 25.4 Å². The minimum absolute atomic E-state index is 0.0826. The Morgan fingerprint density at radius 3 is 2.78 bits per heavy atom. The molecule has 2 rings (SSSR count). The van der Waals surface area contributed by atoms with E-state index in [0.29, 0.717) is 11.3 Å². The van der Waals surface area contributed by atoms with Crippen LogP contribution in [0.5, 0.6) is 0 Å². The van der Waals surface area contributed by atoms with Gasteiger partial charge in [0.15, 0.2) is 0 Å². The van der Waals surface area contributed by atoms with Crippen LogP contribution >= 0.6 is 0 Å². The molecular formula is C14H16N2O2. The zero-order chi connectivity index (χ0) is 13.1. The summed E-state index contributed by atoms with van der Waals surface area (Å²) in [6, 6.07) is 5.46. The molecule has 0 aromatic carbocycles. The molecule has 0 aliphatic rings. The Hall–Kier alpha value is -2.10. The minimum Gasteiger partial charge on any atom is -0.466 e. The van der Waals surface area contributed by atoms with Gasteiger partial charge in [0.1, 0.15) is 11.5 Å². The van der Waals surface area contributed by atoms with Crippen LogP contribution in [0.1, 0.15) is 40.4 Å². The second kappa shape index (κ2) is 5.04. The zero-order valence-corrected chi connectivity index (χ0v) is 10.7. The van der Waals surface area contributed by atoms with Crippen molar-refractivity contribution in [1.82, 2.24) is 10.3 Å². The third-order valence-electron chi connectivity index (χ3n) is 2.82. The van der Waals surface area contributed by atoms with Crippen molar-refractivity contribution >= 4 is 5.91 Å². The maximum Gasteiger partial charge on any atom is 0.255 e. The average molecular weight is 244 g/mol. The van der Waals surface area contributed by atoms with Crippen LogP contribution in [0, 0.1) is 13.8 Å². The van der Waals surface area contributed by atoms with Crippen LogP contribution in [0.3, 0.4) is 0 Å². The molecule has 0 spiro atoms. The maximum absolute atomic E-state index is 12.1. The van der Waals surface area contributed by atoms with Crippen molar-refractivity contribution in [3.05, 3.63) is 53.2 Å². The van der Waals surface area contributed by atoms with Gasteiger partial charge in [-0.1, -0.05) is 6.07 Å². The molecule has 94 valence electrons. The van der Waals surface area contributed by atoms with Gasteiger partial charge in [-0.15, -0.1) is 0 Å². The summed E-state index contributed by atoms with van der Waals surface area (Å²) < 4.78 is 5.35. The SMILES string of the molecule is Cc1cc(C(=O)NC(C)c2cccnc2)c(C)o1.